The average molecular weight is 583 g/mol. The van der Waals surface area contributed by atoms with Gasteiger partial charge in [-0.25, -0.2) is 0 Å². The minimum absolute atomic E-state index is 0.00543. The fourth-order valence-electron chi connectivity index (χ4n) is 3.76. The fraction of sp³-hybridized carbons (Fsp3) is 0.0333. The zero-order valence-corrected chi connectivity index (χ0v) is 22.6. The fourth-order valence-corrected chi connectivity index (χ4v) is 4.61. The molecule has 0 aromatic heterocycles. The van der Waals surface area contributed by atoms with Crippen molar-refractivity contribution in [2.24, 2.45) is 0 Å². The topological polar surface area (TPSA) is 162 Å². The molecule has 11 nitrogen and oxygen atoms in total. The van der Waals surface area contributed by atoms with Gasteiger partial charge in [0.15, 0.2) is 5.78 Å². The van der Waals surface area contributed by atoms with Crippen molar-refractivity contribution in [3.05, 3.63) is 146 Å². The molecule has 210 valence electrons. The smallest absolute Gasteiger partial charge is 0.276 e. The van der Waals surface area contributed by atoms with Crippen LogP contribution in [0.3, 0.4) is 0 Å². The van der Waals surface area contributed by atoms with E-state index in [0.29, 0.717) is 10.6 Å². The van der Waals surface area contributed by atoms with Gasteiger partial charge in [-0.15, -0.1) is 11.8 Å². The number of rotatable bonds is 11. The minimum atomic E-state index is -0.729. The van der Waals surface area contributed by atoms with Crippen molar-refractivity contribution < 1.29 is 24.2 Å². The van der Waals surface area contributed by atoms with Crippen LogP contribution < -0.4 is 10.6 Å². The molecule has 4 aromatic carbocycles. The number of para-hydroxylation sites is 1. The summed E-state index contributed by atoms with van der Waals surface area (Å²) in [6.45, 7) is 0. The summed E-state index contributed by atoms with van der Waals surface area (Å²) < 4.78 is 0. The molecule has 0 bridgehead atoms. The summed E-state index contributed by atoms with van der Waals surface area (Å²) in [7, 11) is 0. The highest BCUT2D eigenvalue weighted by molar-refractivity contribution is 8.00. The van der Waals surface area contributed by atoms with E-state index in [1.807, 2.05) is 0 Å². The lowest BCUT2D eigenvalue weighted by Crippen LogP contribution is -2.30. The molecule has 0 radical (unpaired) electrons. The SMILES string of the molecule is O=C(Nc1cccc(SCC(=O)c2cccc([N+](=O)[O-])c2)c1)/C(=C/c1ccccc1[N+](=O)[O-])NC(=O)c1ccccc1. The van der Waals surface area contributed by atoms with Gasteiger partial charge in [-0.2, -0.15) is 0 Å². The van der Waals surface area contributed by atoms with Crippen LogP contribution in [-0.2, 0) is 4.79 Å². The van der Waals surface area contributed by atoms with Crippen molar-refractivity contribution in [1.29, 1.82) is 0 Å². The second-order valence-electron chi connectivity index (χ2n) is 8.70. The number of nitrogens with one attached hydrogen (secondary N) is 2. The lowest BCUT2D eigenvalue weighted by Gasteiger charge is -2.12. The molecule has 12 heteroatoms. The molecule has 0 aliphatic rings. The van der Waals surface area contributed by atoms with E-state index in [2.05, 4.69) is 10.6 Å². The molecule has 0 saturated carbocycles. The zero-order valence-electron chi connectivity index (χ0n) is 21.8. The number of hydrogen-bond acceptors (Lipinski definition) is 8. The molecule has 0 unspecified atom stereocenters. The van der Waals surface area contributed by atoms with Gasteiger partial charge in [-0.05, 0) is 42.5 Å². The highest BCUT2D eigenvalue weighted by atomic mass is 32.2. The Bertz CT molecular complexity index is 1710. The summed E-state index contributed by atoms with van der Waals surface area (Å²) in [5.74, 6) is -1.63. The Balaban J connectivity index is 1.53. The second kappa shape index (κ2) is 13.6. The molecular weight excluding hydrogens is 560 g/mol. The number of anilines is 1. The van der Waals surface area contributed by atoms with Crippen LogP contribution in [-0.4, -0.2) is 33.2 Å². The maximum Gasteiger partial charge on any atom is 0.276 e. The Morgan fingerprint density at radius 3 is 2.19 bits per heavy atom. The highest BCUT2D eigenvalue weighted by Crippen LogP contribution is 2.25. The van der Waals surface area contributed by atoms with E-state index in [0.717, 1.165) is 0 Å². The molecular formula is C30H22N4O7S. The first-order valence-electron chi connectivity index (χ1n) is 12.3. The van der Waals surface area contributed by atoms with Gasteiger partial charge < -0.3 is 10.6 Å². The van der Waals surface area contributed by atoms with Crippen LogP contribution in [0.5, 0.6) is 0 Å². The molecule has 4 aromatic rings. The molecule has 0 spiro atoms. The van der Waals surface area contributed by atoms with Crippen molar-refractivity contribution >= 4 is 52.5 Å². The van der Waals surface area contributed by atoms with Crippen LogP contribution in [0.4, 0.5) is 17.1 Å². The Hall–Kier alpha value is -5.62. The van der Waals surface area contributed by atoms with E-state index >= 15 is 0 Å². The number of carbonyl (C=O) groups is 3. The van der Waals surface area contributed by atoms with Gasteiger partial charge in [0, 0.05) is 39.9 Å². The van der Waals surface area contributed by atoms with Gasteiger partial charge in [0.1, 0.15) is 5.70 Å². The van der Waals surface area contributed by atoms with Gasteiger partial charge in [0.2, 0.25) is 0 Å². The van der Waals surface area contributed by atoms with Crippen LogP contribution in [0.2, 0.25) is 0 Å². The highest BCUT2D eigenvalue weighted by Gasteiger charge is 2.19. The largest absolute Gasteiger partial charge is 0.321 e. The summed E-state index contributed by atoms with van der Waals surface area (Å²) in [4.78, 5) is 60.8. The van der Waals surface area contributed by atoms with E-state index < -0.39 is 21.7 Å². The predicted molar refractivity (Wildman–Crippen MR) is 158 cm³/mol. The second-order valence-corrected chi connectivity index (χ2v) is 9.74. The van der Waals surface area contributed by atoms with Crippen LogP contribution in [0.15, 0.2) is 114 Å². The third kappa shape index (κ3) is 7.73. The third-order valence-electron chi connectivity index (χ3n) is 5.80. The summed E-state index contributed by atoms with van der Waals surface area (Å²) >= 11 is 1.17. The standard InChI is InChI=1S/C30H22N4O7S/c35-28(22-11-6-13-24(16-22)33(38)39)19-42-25-14-7-12-23(18-25)31-30(37)26(32-29(36)20-8-2-1-3-9-20)17-21-10-4-5-15-27(21)34(40)41/h1-18H,19H2,(H,31,37)(H,32,36)/b26-17-. The number of nitrogens with zero attached hydrogens (tertiary/aromatic N) is 2. The molecule has 0 atom stereocenters. The van der Waals surface area contributed by atoms with Crippen molar-refractivity contribution in [2.75, 3.05) is 11.1 Å². The molecule has 0 fully saturated rings. The summed E-state index contributed by atoms with van der Waals surface area (Å²) in [5.41, 5.74) is 0.297. The van der Waals surface area contributed by atoms with Crippen LogP contribution in [0.25, 0.3) is 6.08 Å². The number of amides is 2. The van der Waals surface area contributed by atoms with E-state index in [1.165, 1.54) is 60.3 Å². The van der Waals surface area contributed by atoms with E-state index in [-0.39, 0.29) is 45.3 Å². The number of non-ortho nitro benzene ring substituents is 1. The lowest BCUT2D eigenvalue weighted by molar-refractivity contribution is -0.385. The molecule has 0 aliphatic carbocycles. The minimum Gasteiger partial charge on any atom is -0.321 e. The molecule has 2 N–H and O–H groups in total. The molecule has 0 heterocycles. The first-order valence-corrected chi connectivity index (χ1v) is 13.3. The monoisotopic (exact) mass is 582 g/mol. The van der Waals surface area contributed by atoms with Gasteiger partial charge in [-0.3, -0.25) is 34.6 Å². The average Bonchev–Trinajstić information content (AvgIpc) is 3.00. The molecule has 2 amide bonds. The number of carbonyl (C=O) groups excluding carboxylic acids is 3. The number of hydrogen-bond donors (Lipinski definition) is 2. The normalized spacial score (nSPS) is 10.9. The number of nitro groups is 2. The quantitative estimate of drug-likeness (QED) is 0.0727. The van der Waals surface area contributed by atoms with Crippen molar-refractivity contribution in [3.63, 3.8) is 0 Å². The van der Waals surface area contributed by atoms with E-state index in [4.69, 9.17) is 0 Å². The number of nitro benzene ring substituents is 2. The van der Waals surface area contributed by atoms with E-state index in [9.17, 15) is 34.6 Å². The number of thioether (sulfide) groups is 1. The number of benzene rings is 4. The van der Waals surface area contributed by atoms with Gasteiger partial charge in [-0.1, -0.05) is 48.5 Å². The van der Waals surface area contributed by atoms with Gasteiger partial charge >= 0.3 is 0 Å². The van der Waals surface area contributed by atoms with Crippen LogP contribution in [0.1, 0.15) is 26.3 Å². The van der Waals surface area contributed by atoms with Gasteiger partial charge in [0.05, 0.1) is 21.2 Å². The van der Waals surface area contributed by atoms with E-state index in [1.54, 1.807) is 60.7 Å². The first-order chi connectivity index (χ1) is 20.2. The summed E-state index contributed by atoms with van der Waals surface area (Å²) in [6.07, 6.45) is 1.23. The zero-order chi connectivity index (χ0) is 30.1. The summed E-state index contributed by atoms with van der Waals surface area (Å²) in [6, 6.07) is 26.0. The van der Waals surface area contributed by atoms with Crippen molar-refractivity contribution in [1.82, 2.24) is 5.32 Å². The Morgan fingerprint density at radius 1 is 0.762 bits per heavy atom. The van der Waals surface area contributed by atoms with Gasteiger partial charge in [0.25, 0.3) is 23.2 Å². The van der Waals surface area contributed by atoms with Crippen molar-refractivity contribution in [2.45, 2.75) is 4.90 Å². The summed E-state index contributed by atoms with van der Waals surface area (Å²) in [5, 5.41) is 27.8. The predicted octanol–water partition coefficient (Wildman–Crippen LogP) is 5.89. The third-order valence-corrected chi connectivity index (χ3v) is 6.80. The number of ketones is 1. The Kier molecular flexibility index (Phi) is 9.53. The molecule has 0 saturated heterocycles. The van der Waals surface area contributed by atoms with Crippen LogP contribution in [0, 0.1) is 20.2 Å². The molecule has 42 heavy (non-hydrogen) atoms. The molecule has 0 aliphatic heterocycles. The van der Waals surface area contributed by atoms with Crippen LogP contribution >= 0.6 is 11.8 Å². The Morgan fingerprint density at radius 2 is 1.45 bits per heavy atom. The lowest BCUT2D eigenvalue weighted by atomic mass is 10.1. The Labute approximate surface area is 243 Å². The molecule has 4 rings (SSSR count). The first kappa shape index (κ1) is 29.4. The maximum atomic E-state index is 13.3. The number of Topliss-reactive ketones (excluding diaryl/α,β-unsaturated/α-hetero) is 1. The maximum absolute atomic E-state index is 13.3. The van der Waals surface area contributed by atoms with Crippen molar-refractivity contribution in [3.8, 4) is 0 Å².